The maximum absolute atomic E-state index is 2.49. The lowest BCUT2D eigenvalue weighted by Crippen LogP contribution is -1.92. The van der Waals surface area contributed by atoms with Crippen LogP contribution < -0.4 is 0 Å². The van der Waals surface area contributed by atoms with E-state index in [9.17, 15) is 0 Å². The Morgan fingerprint density at radius 1 is 1.45 bits per heavy atom. The minimum atomic E-state index is 0.812. The Hall–Kier alpha value is -0.520. The molecule has 2 atom stereocenters. The molecule has 0 saturated carbocycles. The highest BCUT2D eigenvalue weighted by Crippen LogP contribution is 2.40. The quantitative estimate of drug-likeness (QED) is 0.539. The van der Waals surface area contributed by atoms with Gasteiger partial charge in [-0.15, -0.1) is 0 Å². The maximum atomic E-state index is 2.49. The molecule has 0 spiro atoms. The van der Waals surface area contributed by atoms with Gasteiger partial charge in [-0.1, -0.05) is 37.1 Å². The van der Waals surface area contributed by atoms with E-state index in [-0.39, 0.29) is 0 Å². The first-order valence-corrected chi connectivity index (χ1v) is 4.79. The maximum Gasteiger partial charge on any atom is -0.00143 e. The van der Waals surface area contributed by atoms with E-state index in [1.54, 1.807) is 5.57 Å². The van der Waals surface area contributed by atoms with Crippen molar-refractivity contribution in [1.82, 2.24) is 0 Å². The lowest BCUT2D eigenvalue weighted by molar-refractivity contribution is 0.672. The van der Waals surface area contributed by atoms with Crippen molar-refractivity contribution < 1.29 is 0 Å². The number of allylic oxidation sites excluding steroid dienone is 4. The SMILES string of the molecule is CCCCC1=CC2C=CC1C2. The molecule has 0 saturated heterocycles. The third kappa shape index (κ3) is 1.26. The molecular weight excluding hydrogens is 132 g/mol. The summed E-state index contributed by atoms with van der Waals surface area (Å²) in [6.45, 7) is 2.27. The summed E-state index contributed by atoms with van der Waals surface area (Å²) in [7, 11) is 0. The Kier molecular flexibility index (Phi) is 1.85. The third-order valence-electron chi connectivity index (χ3n) is 2.84. The van der Waals surface area contributed by atoms with Crippen LogP contribution >= 0.6 is 0 Å². The van der Waals surface area contributed by atoms with Crippen molar-refractivity contribution in [1.29, 1.82) is 0 Å². The first kappa shape index (κ1) is 7.15. The van der Waals surface area contributed by atoms with Crippen molar-refractivity contribution >= 4 is 0 Å². The summed E-state index contributed by atoms with van der Waals surface area (Å²) < 4.78 is 0. The Morgan fingerprint density at radius 3 is 2.91 bits per heavy atom. The number of hydrogen-bond acceptors (Lipinski definition) is 0. The van der Waals surface area contributed by atoms with Crippen LogP contribution in [0.15, 0.2) is 23.8 Å². The highest BCUT2D eigenvalue weighted by Gasteiger charge is 2.26. The first-order valence-electron chi connectivity index (χ1n) is 4.79. The normalized spacial score (nSPS) is 33.0. The molecule has 2 rings (SSSR count). The zero-order valence-electron chi connectivity index (χ0n) is 7.22. The summed E-state index contributed by atoms with van der Waals surface area (Å²) in [5.41, 5.74) is 1.72. The standard InChI is InChI=1S/C11H16/c1-2-3-4-10-7-9-5-6-11(10)8-9/h5-7,9,11H,2-4,8H2,1H3. The molecule has 0 N–H and O–H groups in total. The summed E-state index contributed by atoms with van der Waals surface area (Å²) in [5.74, 6) is 1.65. The van der Waals surface area contributed by atoms with Crippen molar-refractivity contribution in [2.24, 2.45) is 11.8 Å². The van der Waals surface area contributed by atoms with Crippen LogP contribution in [0, 0.1) is 11.8 Å². The number of unbranched alkanes of at least 4 members (excludes halogenated alkanes) is 1. The van der Waals surface area contributed by atoms with Gasteiger partial charge in [0, 0.05) is 0 Å². The topological polar surface area (TPSA) is 0 Å². The van der Waals surface area contributed by atoms with Crippen LogP contribution in [0.5, 0.6) is 0 Å². The van der Waals surface area contributed by atoms with Crippen molar-refractivity contribution in [3.8, 4) is 0 Å². The molecule has 2 unspecified atom stereocenters. The molecule has 2 aliphatic carbocycles. The van der Waals surface area contributed by atoms with Gasteiger partial charge in [0.2, 0.25) is 0 Å². The van der Waals surface area contributed by atoms with Gasteiger partial charge < -0.3 is 0 Å². The minimum Gasteiger partial charge on any atom is -0.0810 e. The molecule has 0 amide bonds. The third-order valence-corrected chi connectivity index (χ3v) is 2.84. The average Bonchev–Trinajstić information content (AvgIpc) is 2.60. The van der Waals surface area contributed by atoms with E-state index in [1.807, 2.05) is 0 Å². The molecule has 2 aliphatic rings. The van der Waals surface area contributed by atoms with Crippen LogP contribution in [0.1, 0.15) is 32.6 Å². The average molecular weight is 148 g/mol. The summed E-state index contributed by atoms with van der Waals surface area (Å²) in [4.78, 5) is 0. The second-order valence-electron chi connectivity index (χ2n) is 3.74. The summed E-state index contributed by atoms with van der Waals surface area (Å²) >= 11 is 0. The summed E-state index contributed by atoms with van der Waals surface area (Å²) in [5, 5.41) is 0. The Morgan fingerprint density at radius 2 is 2.36 bits per heavy atom. The van der Waals surface area contributed by atoms with Gasteiger partial charge in [-0.3, -0.25) is 0 Å². The summed E-state index contributed by atoms with van der Waals surface area (Å²) in [6.07, 6.45) is 12.7. The molecule has 0 nitrogen and oxygen atoms in total. The van der Waals surface area contributed by atoms with Gasteiger partial charge in [0.1, 0.15) is 0 Å². The van der Waals surface area contributed by atoms with Gasteiger partial charge in [0.15, 0.2) is 0 Å². The van der Waals surface area contributed by atoms with Gasteiger partial charge in [-0.05, 0) is 31.1 Å². The van der Waals surface area contributed by atoms with Crippen molar-refractivity contribution in [2.75, 3.05) is 0 Å². The minimum absolute atomic E-state index is 0.812. The predicted molar refractivity (Wildman–Crippen MR) is 48.3 cm³/mol. The lowest BCUT2D eigenvalue weighted by atomic mass is 9.98. The Bertz CT molecular complexity index is 198. The van der Waals surface area contributed by atoms with E-state index in [0.29, 0.717) is 0 Å². The highest BCUT2D eigenvalue weighted by molar-refractivity contribution is 5.29. The fourth-order valence-corrected chi connectivity index (χ4v) is 2.17. The van der Waals surface area contributed by atoms with Gasteiger partial charge in [-0.2, -0.15) is 0 Å². The summed E-state index contributed by atoms with van der Waals surface area (Å²) in [6, 6.07) is 0. The predicted octanol–water partition coefficient (Wildman–Crippen LogP) is 3.31. The first-order chi connectivity index (χ1) is 5.40. The highest BCUT2D eigenvalue weighted by atomic mass is 14.3. The largest absolute Gasteiger partial charge is 0.0810 e. The second kappa shape index (κ2) is 2.84. The molecule has 60 valence electrons. The van der Waals surface area contributed by atoms with Gasteiger partial charge in [-0.25, -0.2) is 0 Å². The zero-order valence-corrected chi connectivity index (χ0v) is 7.22. The molecule has 0 fully saturated rings. The Labute approximate surface area is 69.0 Å². The number of hydrogen-bond donors (Lipinski definition) is 0. The Balaban J connectivity index is 1.92. The molecular formula is C11H16. The monoisotopic (exact) mass is 148 g/mol. The molecule has 0 aliphatic heterocycles. The zero-order chi connectivity index (χ0) is 7.68. The molecule has 0 heterocycles. The van der Waals surface area contributed by atoms with Crippen LogP contribution in [-0.4, -0.2) is 0 Å². The second-order valence-corrected chi connectivity index (χ2v) is 3.74. The fourth-order valence-electron chi connectivity index (χ4n) is 2.17. The van der Waals surface area contributed by atoms with E-state index < -0.39 is 0 Å². The van der Waals surface area contributed by atoms with Gasteiger partial charge >= 0.3 is 0 Å². The molecule has 0 heteroatoms. The molecule has 2 bridgehead atoms. The van der Waals surface area contributed by atoms with Crippen molar-refractivity contribution in [2.45, 2.75) is 32.6 Å². The van der Waals surface area contributed by atoms with E-state index in [2.05, 4.69) is 25.2 Å². The van der Waals surface area contributed by atoms with Crippen LogP contribution in [0.2, 0.25) is 0 Å². The van der Waals surface area contributed by atoms with Crippen molar-refractivity contribution in [3.63, 3.8) is 0 Å². The van der Waals surface area contributed by atoms with Gasteiger partial charge in [0.05, 0.1) is 0 Å². The number of fused-ring (bicyclic) bond motifs is 2. The molecule has 11 heavy (non-hydrogen) atoms. The number of rotatable bonds is 3. The van der Waals surface area contributed by atoms with Crippen LogP contribution in [0.3, 0.4) is 0 Å². The van der Waals surface area contributed by atoms with E-state index in [4.69, 9.17) is 0 Å². The van der Waals surface area contributed by atoms with Crippen LogP contribution in [0.25, 0.3) is 0 Å². The lowest BCUT2D eigenvalue weighted by Gasteiger charge is -2.08. The van der Waals surface area contributed by atoms with E-state index in [0.717, 1.165) is 11.8 Å². The van der Waals surface area contributed by atoms with E-state index >= 15 is 0 Å². The molecule has 0 aromatic heterocycles. The van der Waals surface area contributed by atoms with Crippen LogP contribution in [0.4, 0.5) is 0 Å². The fraction of sp³-hybridized carbons (Fsp3) is 0.636. The molecule has 0 aromatic carbocycles. The van der Waals surface area contributed by atoms with Gasteiger partial charge in [0.25, 0.3) is 0 Å². The van der Waals surface area contributed by atoms with Crippen LogP contribution in [-0.2, 0) is 0 Å². The smallest absolute Gasteiger partial charge is 0.00143 e. The molecule has 0 aromatic rings. The van der Waals surface area contributed by atoms with E-state index in [1.165, 1.54) is 25.7 Å². The van der Waals surface area contributed by atoms with Crippen molar-refractivity contribution in [3.05, 3.63) is 23.8 Å². The molecule has 0 radical (unpaired) electrons.